The highest BCUT2D eigenvalue weighted by atomic mass is 31.3. The minimum atomic E-state index is -5.75. The molecule has 2 aliphatic rings. The van der Waals surface area contributed by atoms with Gasteiger partial charge in [-0.2, -0.15) is 0 Å². The SMILES string of the molecule is Cc1cn([C@H]2C[C@H](O)[C@@H](COP(=O)([O-])OP(=O)([O-])O[C@H]3O[C@@H]([C@@H](C)O)[C@H](O)[C@H]3O)O2)c(=O)[nH]c1=O. The van der Waals surface area contributed by atoms with Crippen LogP contribution in [-0.4, -0.2) is 79.5 Å². The topological polar surface area (TPSA) is 262 Å². The standard InChI is InChI=1S/C16H26N2O15P2/c1-6-4-18(16(24)17-14(6)23)10-3-8(20)9(30-10)5-29-34(25,26)33-35(27,28)32-15-12(22)11(21)13(31-15)7(2)19/h4,7-13,15,19-22H,3,5H2,1-2H3,(H,25,26)(H,27,28)(H,17,23,24)/p-2/t7-,8+,9-,10-,11-,12-,13+,15-/m1/s1. The smallest absolute Gasteiger partial charge is 0.330 e. The number of aromatic nitrogens is 2. The van der Waals surface area contributed by atoms with E-state index in [1.165, 1.54) is 20.0 Å². The molecule has 2 fully saturated rings. The second-order valence-corrected chi connectivity index (χ2v) is 10.9. The lowest BCUT2D eigenvalue weighted by atomic mass is 10.1. The molecule has 0 bridgehead atoms. The van der Waals surface area contributed by atoms with E-state index in [2.05, 4.69) is 13.4 Å². The average molecular weight is 546 g/mol. The van der Waals surface area contributed by atoms with Crippen LogP contribution >= 0.6 is 15.6 Å². The Morgan fingerprint density at radius 1 is 1.20 bits per heavy atom. The molecule has 0 saturated carbocycles. The van der Waals surface area contributed by atoms with E-state index in [1.54, 1.807) is 0 Å². The van der Waals surface area contributed by atoms with E-state index >= 15 is 0 Å². The van der Waals surface area contributed by atoms with Crippen LogP contribution in [0, 0.1) is 6.92 Å². The number of aryl methyl sites for hydroxylation is 1. The Bertz CT molecular complexity index is 1120. The number of nitrogens with zero attached hydrogens (tertiary/aromatic N) is 1. The molecule has 0 aliphatic carbocycles. The molecule has 3 heterocycles. The first-order valence-electron chi connectivity index (χ1n) is 10.1. The van der Waals surface area contributed by atoms with Gasteiger partial charge in [0, 0.05) is 18.2 Å². The van der Waals surface area contributed by atoms with Crippen molar-refractivity contribution in [3.63, 3.8) is 0 Å². The zero-order valence-electron chi connectivity index (χ0n) is 18.2. The predicted octanol–water partition coefficient (Wildman–Crippen LogP) is -3.69. The van der Waals surface area contributed by atoms with Crippen molar-refractivity contribution in [2.24, 2.45) is 0 Å². The highest BCUT2D eigenvalue weighted by Gasteiger charge is 2.47. The summed E-state index contributed by atoms with van der Waals surface area (Å²) in [5.74, 6) is 0. The van der Waals surface area contributed by atoms with Crippen LogP contribution in [0.15, 0.2) is 15.8 Å². The lowest BCUT2D eigenvalue weighted by Crippen LogP contribution is -2.37. The monoisotopic (exact) mass is 546 g/mol. The van der Waals surface area contributed by atoms with Crippen molar-refractivity contribution in [1.29, 1.82) is 0 Å². The number of ether oxygens (including phenoxy) is 2. The summed E-state index contributed by atoms with van der Waals surface area (Å²) in [4.78, 5) is 49.5. The fourth-order valence-electron chi connectivity index (χ4n) is 3.45. The molecule has 35 heavy (non-hydrogen) atoms. The van der Waals surface area contributed by atoms with Crippen LogP contribution in [-0.2, 0) is 32.0 Å². The molecule has 2 unspecified atom stereocenters. The summed E-state index contributed by atoms with van der Waals surface area (Å²) in [6.07, 6.45) is -11.3. The zero-order valence-corrected chi connectivity index (χ0v) is 20.0. The summed E-state index contributed by atoms with van der Waals surface area (Å²) in [5, 5.41) is 39.1. The number of hydrogen-bond donors (Lipinski definition) is 5. The molecule has 1 aromatic heterocycles. The van der Waals surface area contributed by atoms with Gasteiger partial charge in [0.15, 0.2) is 6.29 Å². The fourth-order valence-corrected chi connectivity index (χ4v) is 5.53. The van der Waals surface area contributed by atoms with Gasteiger partial charge in [-0.3, -0.25) is 28.0 Å². The minimum Gasteiger partial charge on any atom is -0.756 e. The lowest BCUT2D eigenvalue weighted by molar-refractivity contribution is -0.259. The predicted molar refractivity (Wildman–Crippen MR) is 106 cm³/mol. The van der Waals surface area contributed by atoms with Crippen LogP contribution in [0.4, 0.5) is 0 Å². The molecule has 0 aromatic carbocycles. The quantitative estimate of drug-likeness (QED) is 0.187. The Morgan fingerprint density at radius 3 is 2.46 bits per heavy atom. The summed E-state index contributed by atoms with van der Waals surface area (Å²) in [7, 11) is -11.4. The van der Waals surface area contributed by atoms with Crippen molar-refractivity contribution in [2.45, 2.75) is 69.4 Å². The van der Waals surface area contributed by atoms with Gasteiger partial charge >= 0.3 is 5.69 Å². The summed E-state index contributed by atoms with van der Waals surface area (Å²) in [6, 6.07) is 0. The minimum absolute atomic E-state index is 0.176. The van der Waals surface area contributed by atoms with Gasteiger partial charge in [-0.1, -0.05) is 0 Å². The summed E-state index contributed by atoms with van der Waals surface area (Å²) in [5.41, 5.74) is -1.28. The summed E-state index contributed by atoms with van der Waals surface area (Å²) in [6.45, 7) is 1.70. The third-order valence-corrected chi connectivity index (χ3v) is 7.75. The molecule has 17 nitrogen and oxygen atoms in total. The molecule has 19 heteroatoms. The van der Waals surface area contributed by atoms with E-state index in [9.17, 15) is 48.9 Å². The van der Waals surface area contributed by atoms with Crippen LogP contribution in [0.25, 0.3) is 0 Å². The maximum absolute atomic E-state index is 12.0. The van der Waals surface area contributed by atoms with E-state index in [1.807, 2.05) is 4.98 Å². The van der Waals surface area contributed by atoms with Crippen LogP contribution in [0.5, 0.6) is 0 Å². The highest BCUT2D eigenvalue weighted by Crippen LogP contribution is 2.57. The summed E-state index contributed by atoms with van der Waals surface area (Å²) >= 11 is 0. The molecule has 2 aliphatic heterocycles. The van der Waals surface area contributed by atoms with Crippen molar-refractivity contribution in [3.05, 3.63) is 32.6 Å². The Balaban J connectivity index is 1.58. The maximum Gasteiger partial charge on any atom is 0.330 e. The number of phosphoric ester groups is 2. The summed E-state index contributed by atoms with van der Waals surface area (Å²) < 4.78 is 47.9. The van der Waals surface area contributed by atoms with E-state index in [4.69, 9.17) is 9.47 Å². The zero-order chi connectivity index (χ0) is 26.3. The van der Waals surface area contributed by atoms with Crippen LogP contribution in [0.1, 0.15) is 25.1 Å². The number of phosphoric acid groups is 2. The normalized spacial score (nSPS) is 35.5. The molecule has 3 rings (SSSR count). The van der Waals surface area contributed by atoms with Gasteiger partial charge in [0.1, 0.15) is 30.6 Å². The van der Waals surface area contributed by atoms with Crippen molar-refractivity contribution >= 4 is 15.6 Å². The number of H-pyrrole nitrogens is 1. The van der Waals surface area contributed by atoms with Crippen molar-refractivity contribution in [2.75, 3.05) is 6.61 Å². The molecule has 0 radical (unpaired) electrons. The lowest BCUT2D eigenvalue weighted by Gasteiger charge is -2.33. The molecule has 5 N–H and O–H groups in total. The van der Waals surface area contributed by atoms with Crippen LogP contribution in [0.2, 0.25) is 0 Å². The van der Waals surface area contributed by atoms with Crippen LogP contribution < -0.4 is 21.0 Å². The van der Waals surface area contributed by atoms with Gasteiger partial charge in [0.05, 0.1) is 18.8 Å². The van der Waals surface area contributed by atoms with E-state index < -0.39 is 82.6 Å². The largest absolute Gasteiger partial charge is 0.756 e. The van der Waals surface area contributed by atoms with Crippen molar-refractivity contribution in [1.82, 2.24) is 9.55 Å². The molecule has 2 saturated heterocycles. The number of hydrogen-bond acceptors (Lipinski definition) is 15. The van der Waals surface area contributed by atoms with Gasteiger partial charge < -0.3 is 44.2 Å². The van der Waals surface area contributed by atoms with E-state index in [-0.39, 0.29) is 12.0 Å². The molecule has 0 amide bonds. The third kappa shape index (κ3) is 6.72. The Hall–Kier alpha value is -1.30. The molecular formula is C16H24N2O15P2-2. The molecular weight excluding hydrogens is 522 g/mol. The molecule has 200 valence electrons. The first-order valence-corrected chi connectivity index (χ1v) is 13.0. The third-order valence-electron chi connectivity index (χ3n) is 5.22. The first kappa shape index (κ1) is 28.3. The molecule has 1 aromatic rings. The number of rotatable bonds is 9. The first-order chi connectivity index (χ1) is 16.1. The number of aliphatic hydroxyl groups is 4. The molecule has 10 atom stereocenters. The van der Waals surface area contributed by atoms with Crippen LogP contribution in [0.3, 0.4) is 0 Å². The number of aromatic amines is 1. The Morgan fingerprint density at radius 2 is 1.86 bits per heavy atom. The van der Waals surface area contributed by atoms with Crippen molar-refractivity contribution in [3.8, 4) is 0 Å². The van der Waals surface area contributed by atoms with Crippen molar-refractivity contribution < 1.29 is 62.2 Å². The Kier molecular flexibility index (Phi) is 8.56. The highest BCUT2D eigenvalue weighted by molar-refractivity contribution is 7.59. The van der Waals surface area contributed by atoms with Gasteiger partial charge in [0.2, 0.25) is 0 Å². The van der Waals surface area contributed by atoms with Gasteiger partial charge in [-0.05, 0) is 13.8 Å². The fraction of sp³-hybridized carbons (Fsp3) is 0.750. The van der Waals surface area contributed by atoms with E-state index in [0.29, 0.717) is 0 Å². The maximum atomic E-state index is 12.0. The number of nitrogens with one attached hydrogen (secondary N) is 1. The second kappa shape index (κ2) is 10.6. The van der Waals surface area contributed by atoms with Gasteiger partial charge in [-0.15, -0.1) is 0 Å². The molecule has 0 spiro atoms. The number of aliphatic hydroxyl groups excluding tert-OH is 4. The van der Waals surface area contributed by atoms with Gasteiger partial charge in [0.25, 0.3) is 21.2 Å². The second-order valence-electron chi connectivity index (χ2n) is 7.98. The van der Waals surface area contributed by atoms with Gasteiger partial charge in [-0.25, -0.2) is 9.11 Å². The average Bonchev–Trinajstić information content (AvgIpc) is 3.22. The van der Waals surface area contributed by atoms with E-state index in [0.717, 1.165) is 4.57 Å². The Labute approximate surface area is 196 Å².